The molecule has 0 aliphatic rings. The van der Waals surface area contributed by atoms with Gasteiger partial charge in [0.2, 0.25) is 0 Å². The van der Waals surface area contributed by atoms with E-state index in [1.54, 1.807) is 23.5 Å². The summed E-state index contributed by atoms with van der Waals surface area (Å²) in [6, 6.07) is 10.3. The summed E-state index contributed by atoms with van der Waals surface area (Å²) in [5.41, 5.74) is 6.44. The highest BCUT2D eigenvalue weighted by Gasteiger charge is 2.03. The van der Waals surface area contributed by atoms with Crippen molar-refractivity contribution in [2.75, 3.05) is 6.54 Å². The molecule has 0 atom stereocenters. The van der Waals surface area contributed by atoms with Crippen molar-refractivity contribution in [3.05, 3.63) is 57.5 Å². The van der Waals surface area contributed by atoms with Gasteiger partial charge in [0.15, 0.2) is 5.96 Å². The van der Waals surface area contributed by atoms with Gasteiger partial charge in [0, 0.05) is 17.0 Å². The molecule has 0 saturated heterocycles. The standard InChI is InChI=1S/C15H15FN4S.HI/c16-14-8-11(9-17)3-4-12(14)10-20-15(18)19-6-5-13-2-1-7-21-13;/h1-4,7-8H,5-6,10H2,(H3,18,19,20);1H. The number of nitrogens with one attached hydrogen (secondary N) is 1. The van der Waals surface area contributed by atoms with Crippen LogP contribution in [0.1, 0.15) is 16.0 Å². The molecule has 0 saturated carbocycles. The first-order valence-corrected chi connectivity index (χ1v) is 7.31. The molecule has 0 unspecified atom stereocenters. The Bertz CT molecular complexity index is 665. The Hall–Kier alpha value is -1.66. The summed E-state index contributed by atoms with van der Waals surface area (Å²) < 4.78 is 13.6. The number of halogens is 2. The van der Waals surface area contributed by atoms with Gasteiger partial charge in [-0.15, -0.1) is 35.3 Å². The largest absolute Gasteiger partial charge is 0.370 e. The van der Waals surface area contributed by atoms with E-state index in [0.717, 1.165) is 6.42 Å². The minimum atomic E-state index is -0.441. The number of rotatable bonds is 5. The lowest BCUT2D eigenvalue weighted by Gasteiger charge is -2.05. The first kappa shape index (κ1) is 18.4. The van der Waals surface area contributed by atoms with Gasteiger partial charge in [0.1, 0.15) is 5.82 Å². The van der Waals surface area contributed by atoms with Crippen LogP contribution in [0.4, 0.5) is 4.39 Å². The molecular weight excluding hydrogens is 414 g/mol. The van der Waals surface area contributed by atoms with E-state index in [0.29, 0.717) is 17.7 Å². The molecule has 1 heterocycles. The van der Waals surface area contributed by atoms with Crippen molar-refractivity contribution in [2.45, 2.75) is 13.0 Å². The molecule has 1 aromatic carbocycles. The molecule has 0 spiro atoms. The van der Waals surface area contributed by atoms with Crippen LogP contribution >= 0.6 is 35.3 Å². The van der Waals surface area contributed by atoms with E-state index in [-0.39, 0.29) is 36.5 Å². The summed E-state index contributed by atoms with van der Waals surface area (Å²) in [5, 5.41) is 13.7. The first-order chi connectivity index (χ1) is 10.2. The highest BCUT2D eigenvalue weighted by Crippen LogP contribution is 2.11. The zero-order valence-corrected chi connectivity index (χ0v) is 14.9. The van der Waals surface area contributed by atoms with Crippen LogP contribution in [-0.2, 0) is 13.0 Å². The predicted octanol–water partition coefficient (Wildman–Crippen LogP) is 3.02. The van der Waals surface area contributed by atoms with Crippen molar-refractivity contribution in [1.82, 2.24) is 5.32 Å². The smallest absolute Gasteiger partial charge is 0.188 e. The topological polar surface area (TPSA) is 74.2 Å². The second-order valence-corrected chi connectivity index (χ2v) is 5.41. The van der Waals surface area contributed by atoms with Crippen LogP contribution in [0.5, 0.6) is 0 Å². The number of aliphatic imine (C=N–C) groups is 1. The molecular formula is C15H16FIN4S. The molecule has 0 amide bonds. The van der Waals surface area contributed by atoms with Gasteiger partial charge in [-0.25, -0.2) is 9.38 Å². The van der Waals surface area contributed by atoms with Gasteiger partial charge in [-0.3, -0.25) is 0 Å². The van der Waals surface area contributed by atoms with Crippen molar-refractivity contribution >= 4 is 41.3 Å². The fourth-order valence-corrected chi connectivity index (χ4v) is 2.45. The Labute approximate surface area is 149 Å². The molecule has 0 radical (unpaired) electrons. The third kappa shape index (κ3) is 5.61. The number of nitriles is 1. The minimum Gasteiger partial charge on any atom is -0.370 e. The molecule has 1 aromatic heterocycles. The lowest BCUT2D eigenvalue weighted by atomic mass is 10.1. The first-order valence-electron chi connectivity index (χ1n) is 6.43. The molecule has 4 nitrogen and oxygen atoms in total. The molecule has 3 N–H and O–H groups in total. The van der Waals surface area contributed by atoms with Crippen molar-refractivity contribution in [2.24, 2.45) is 10.7 Å². The summed E-state index contributed by atoms with van der Waals surface area (Å²) in [6.45, 7) is 0.834. The van der Waals surface area contributed by atoms with Crippen LogP contribution in [0, 0.1) is 17.1 Å². The zero-order valence-electron chi connectivity index (χ0n) is 11.8. The van der Waals surface area contributed by atoms with Gasteiger partial charge in [-0.2, -0.15) is 5.26 Å². The molecule has 0 fully saturated rings. The van der Waals surface area contributed by atoms with Crippen molar-refractivity contribution in [3.63, 3.8) is 0 Å². The van der Waals surface area contributed by atoms with E-state index in [2.05, 4.69) is 16.4 Å². The highest BCUT2D eigenvalue weighted by molar-refractivity contribution is 14.0. The third-order valence-electron chi connectivity index (χ3n) is 2.86. The van der Waals surface area contributed by atoms with Crippen LogP contribution < -0.4 is 11.1 Å². The van der Waals surface area contributed by atoms with Crippen LogP contribution in [-0.4, -0.2) is 12.5 Å². The van der Waals surface area contributed by atoms with E-state index < -0.39 is 5.82 Å². The molecule has 0 aliphatic heterocycles. The fraction of sp³-hybridized carbons (Fsp3) is 0.200. The zero-order chi connectivity index (χ0) is 15.1. The fourth-order valence-electron chi connectivity index (χ4n) is 1.74. The SMILES string of the molecule is I.N#Cc1ccc(CN=C(N)NCCc2cccs2)c(F)c1. The number of nitrogens with zero attached hydrogens (tertiary/aromatic N) is 2. The molecule has 0 aliphatic carbocycles. The average Bonchev–Trinajstić information content (AvgIpc) is 2.99. The van der Waals surface area contributed by atoms with Crippen molar-refractivity contribution in [3.8, 4) is 6.07 Å². The number of guanidine groups is 1. The van der Waals surface area contributed by atoms with E-state index in [1.165, 1.54) is 10.9 Å². The number of hydrogen-bond donors (Lipinski definition) is 2. The second kappa shape index (κ2) is 9.38. The molecule has 2 rings (SSSR count). The van der Waals surface area contributed by atoms with Crippen molar-refractivity contribution < 1.29 is 4.39 Å². The van der Waals surface area contributed by atoms with E-state index in [9.17, 15) is 4.39 Å². The van der Waals surface area contributed by atoms with Gasteiger partial charge in [-0.1, -0.05) is 12.1 Å². The number of thiophene rings is 1. The summed E-state index contributed by atoms with van der Waals surface area (Å²) in [6.07, 6.45) is 0.874. The minimum absolute atomic E-state index is 0. The Balaban J connectivity index is 0.00000242. The summed E-state index contributed by atoms with van der Waals surface area (Å²) in [7, 11) is 0. The van der Waals surface area contributed by atoms with Crippen molar-refractivity contribution in [1.29, 1.82) is 5.26 Å². The summed E-state index contributed by atoms with van der Waals surface area (Å²) >= 11 is 1.69. The van der Waals surface area contributed by atoms with Crippen LogP contribution in [0.15, 0.2) is 40.7 Å². The highest BCUT2D eigenvalue weighted by atomic mass is 127. The summed E-state index contributed by atoms with van der Waals surface area (Å²) in [5.74, 6) is -0.153. The average molecular weight is 430 g/mol. The quantitative estimate of drug-likeness (QED) is 0.435. The van der Waals surface area contributed by atoms with E-state index in [4.69, 9.17) is 11.0 Å². The van der Waals surface area contributed by atoms with Gasteiger partial charge in [-0.05, 0) is 30.0 Å². The Morgan fingerprint density at radius 2 is 2.23 bits per heavy atom. The maximum Gasteiger partial charge on any atom is 0.188 e. The Morgan fingerprint density at radius 3 is 2.86 bits per heavy atom. The second-order valence-electron chi connectivity index (χ2n) is 4.38. The van der Waals surface area contributed by atoms with Crippen LogP contribution in [0.25, 0.3) is 0 Å². The molecule has 116 valence electrons. The predicted molar refractivity (Wildman–Crippen MR) is 97.9 cm³/mol. The van der Waals surface area contributed by atoms with Gasteiger partial charge < -0.3 is 11.1 Å². The molecule has 7 heteroatoms. The Kier molecular flexibility index (Phi) is 7.84. The summed E-state index contributed by atoms with van der Waals surface area (Å²) in [4.78, 5) is 5.37. The van der Waals surface area contributed by atoms with Crippen LogP contribution in [0.3, 0.4) is 0 Å². The van der Waals surface area contributed by atoms with Gasteiger partial charge in [0.25, 0.3) is 0 Å². The maximum atomic E-state index is 13.6. The number of hydrogen-bond acceptors (Lipinski definition) is 3. The number of benzene rings is 1. The number of nitrogens with two attached hydrogens (primary N) is 1. The van der Waals surface area contributed by atoms with E-state index >= 15 is 0 Å². The lowest BCUT2D eigenvalue weighted by Crippen LogP contribution is -2.33. The third-order valence-corrected chi connectivity index (χ3v) is 3.80. The normalized spacial score (nSPS) is 10.6. The monoisotopic (exact) mass is 430 g/mol. The van der Waals surface area contributed by atoms with Gasteiger partial charge in [0.05, 0.1) is 18.2 Å². The van der Waals surface area contributed by atoms with E-state index in [1.807, 2.05) is 17.5 Å². The molecule has 2 aromatic rings. The maximum absolute atomic E-state index is 13.6. The molecule has 0 bridgehead atoms. The van der Waals surface area contributed by atoms with Crippen LogP contribution in [0.2, 0.25) is 0 Å². The lowest BCUT2D eigenvalue weighted by molar-refractivity contribution is 0.610. The van der Waals surface area contributed by atoms with Gasteiger partial charge >= 0.3 is 0 Å². The molecule has 22 heavy (non-hydrogen) atoms. The Morgan fingerprint density at radius 1 is 1.41 bits per heavy atom.